The summed E-state index contributed by atoms with van der Waals surface area (Å²) in [7, 11) is 3.86. The van der Waals surface area contributed by atoms with E-state index in [4.69, 9.17) is 0 Å². The van der Waals surface area contributed by atoms with Gasteiger partial charge in [-0.2, -0.15) is 5.10 Å². The van der Waals surface area contributed by atoms with Gasteiger partial charge in [0.05, 0.1) is 11.7 Å². The molecule has 0 saturated carbocycles. The van der Waals surface area contributed by atoms with Crippen molar-refractivity contribution in [3.05, 3.63) is 52.6 Å². The maximum Gasteiger partial charge on any atom is 0.220 e. The monoisotopic (exact) mass is 388 g/mol. The summed E-state index contributed by atoms with van der Waals surface area (Å²) < 4.78 is 15.6. The fourth-order valence-electron chi connectivity index (χ4n) is 3.47. The van der Waals surface area contributed by atoms with E-state index < -0.39 is 0 Å². The van der Waals surface area contributed by atoms with Crippen LogP contribution < -0.4 is 5.32 Å². The number of carbonyl (C=O) groups excluding carboxylic acids is 1. The minimum absolute atomic E-state index is 0.00124. The molecule has 6 heteroatoms. The van der Waals surface area contributed by atoms with E-state index in [0.717, 1.165) is 29.1 Å². The number of nitrogens with zero attached hydrogens (tertiary/aromatic N) is 3. The van der Waals surface area contributed by atoms with Gasteiger partial charge in [0, 0.05) is 25.2 Å². The van der Waals surface area contributed by atoms with Crippen LogP contribution >= 0.6 is 0 Å². The highest BCUT2D eigenvalue weighted by Gasteiger charge is 2.17. The number of rotatable bonds is 9. The molecule has 1 heterocycles. The number of halogens is 1. The summed E-state index contributed by atoms with van der Waals surface area (Å²) in [5, 5.41) is 7.62. The Morgan fingerprint density at radius 3 is 2.61 bits per heavy atom. The lowest BCUT2D eigenvalue weighted by Crippen LogP contribution is -2.34. The molecule has 0 aliphatic heterocycles. The van der Waals surface area contributed by atoms with Crippen molar-refractivity contribution in [3.63, 3.8) is 0 Å². The average Bonchev–Trinajstić information content (AvgIpc) is 2.86. The van der Waals surface area contributed by atoms with Crippen molar-refractivity contribution >= 4 is 5.91 Å². The van der Waals surface area contributed by atoms with Crippen LogP contribution in [0.5, 0.6) is 0 Å². The van der Waals surface area contributed by atoms with Crippen LogP contribution in [0.25, 0.3) is 0 Å². The van der Waals surface area contributed by atoms with Crippen LogP contribution in [0.2, 0.25) is 0 Å². The molecule has 2 aromatic rings. The maximum atomic E-state index is 13.5. The van der Waals surface area contributed by atoms with E-state index in [1.54, 1.807) is 6.07 Å². The Labute approximate surface area is 167 Å². The number of benzene rings is 1. The molecule has 1 aromatic carbocycles. The Kier molecular flexibility index (Phi) is 7.75. The number of likely N-dealkylation sites (N-methyl/N-ethyl adjacent to an activating group) is 1. The molecule has 0 aliphatic carbocycles. The second-order valence-electron chi connectivity index (χ2n) is 8.06. The van der Waals surface area contributed by atoms with Crippen LogP contribution in [-0.2, 0) is 17.8 Å². The number of hydrogen-bond acceptors (Lipinski definition) is 3. The molecule has 0 radical (unpaired) electrons. The Bertz CT molecular complexity index is 798. The predicted octanol–water partition coefficient (Wildman–Crippen LogP) is 3.65. The molecular weight excluding hydrogens is 355 g/mol. The number of hydrogen-bond donors (Lipinski definition) is 1. The van der Waals surface area contributed by atoms with Crippen molar-refractivity contribution in [3.8, 4) is 0 Å². The zero-order valence-electron chi connectivity index (χ0n) is 17.9. The minimum atomic E-state index is -0.264. The van der Waals surface area contributed by atoms with E-state index in [0.29, 0.717) is 25.3 Å². The van der Waals surface area contributed by atoms with Crippen LogP contribution in [0, 0.1) is 25.6 Å². The first-order chi connectivity index (χ1) is 13.2. The lowest BCUT2D eigenvalue weighted by atomic mass is 10.1. The molecule has 1 atom stereocenters. The molecule has 1 aromatic heterocycles. The van der Waals surface area contributed by atoms with Crippen LogP contribution in [0.15, 0.2) is 24.3 Å². The van der Waals surface area contributed by atoms with Gasteiger partial charge < -0.3 is 10.2 Å². The van der Waals surface area contributed by atoms with Crippen LogP contribution in [-0.4, -0.2) is 41.2 Å². The van der Waals surface area contributed by atoms with Gasteiger partial charge in [0.2, 0.25) is 5.91 Å². The van der Waals surface area contributed by atoms with Crippen molar-refractivity contribution in [1.29, 1.82) is 0 Å². The summed E-state index contributed by atoms with van der Waals surface area (Å²) in [5.41, 5.74) is 4.15. The molecule has 2 rings (SSSR count). The fraction of sp³-hybridized carbons (Fsp3) is 0.545. The first-order valence-corrected chi connectivity index (χ1v) is 9.90. The van der Waals surface area contributed by atoms with E-state index in [-0.39, 0.29) is 17.8 Å². The Balaban J connectivity index is 1.94. The van der Waals surface area contributed by atoms with Gasteiger partial charge in [-0.3, -0.25) is 9.48 Å². The third kappa shape index (κ3) is 5.89. The van der Waals surface area contributed by atoms with Gasteiger partial charge in [0.15, 0.2) is 0 Å². The standard InChI is InChI=1S/C22H33FN4O/c1-15(2)14-27-17(4)20(16(3)25-27)10-11-22(28)24-13-21(26(5)6)18-8-7-9-19(23)12-18/h7-9,12,15,21H,10-11,13-14H2,1-6H3,(H,24,28). The summed E-state index contributed by atoms with van der Waals surface area (Å²) in [6.07, 6.45) is 1.09. The summed E-state index contributed by atoms with van der Waals surface area (Å²) in [6, 6.07) is 6.46. The van der Waals surface area contributed by atoms with Crippen LogP contribution in [0.4, 0.5) is 4.39 Å². The van der Waals surface area contributed by atoms with Crippen molar-refractivity contribution < 1.29 is 9.18 Å². The van der Waals surface area contributed by atoms with Gasteiger partial charge >= 0.3 is 0 Å². The van der Waals surface area contributed by atoms with E-state index in [2.05, 4.69) is 31.2 Å². The van der Waals surface area contributed by atoms with E-state index in [9.17, 15) is 9.18 Å². The summed E-state index contributed by atoms with van der Waals surface area (Å²) in [4.78, 5) is 14.4. The predicted molar refractivity (Wildman–Crippen MR) is 111 cm³/mol. The van der Waals surface area contributed by atoms with E-state index >= 15 is 0 Å². The van der Waals surface area contributed by atoms with Crippen molar-refractivity contribution in [2.45, 2.75) is 53.1 Å². The molecule has 0 spiro atoms. The number of nitrogens with one attached hydrogen (secondary N) is 1. The fourth-order valence-corrected chi connectivity index (χ4v) is 3.47. The molecule has 28 heavy (non-hydrogen) atoms. The minimum Gasteiger partial charge on any atom is -0.354 e. The second-order valence-corrected chi connectivity index (χ2v) is 8.06. The molecule has 5 nitrogen and oxygen atoms in total. The first kappa shape index (κ1) is 22.1. The molecule has 1 unspecified atom stereocenters. The third-order valence-electron chi connectivity index (χ3n) is 5.02. The van der Waals surface area contributed by atoms with Crippen LogP contribution in [0.3, 0.4) is 0 Å². The summed E-state index contributed by atoms with van der Waals surface area (Å²) in [6.45, 7) is 9.74. The van der Waals surface area contributed by atoms with Crippen LogP contribution in [0.1, 0.15) is 48.8 Å². The smallest absolute Gasteiger partial charge is 0.220 e. The summed E-state index contributed by atoms with van der Waals surface area (Å²) >= 11 is 0. The molecule has 154 valence electrons. The highest BCUT2D eigenvalue weighted by atomic mass is 19.1. The average molecular weight is 389 g/mol. The SMILES string of the molecule is Cc1nn(CC(C)C)c(C)c1CCC(=O)NCC(c1cccc(F)c1)N(C)C. The van der Waals surface area contributed by atoms with Gasteiger partial charge in [-0.15, -0.1) is 0 Å². The Morgan fingerprint density at radius 1 is 1.29 bits per heavy atom. The first-order valence-electron chi connectivity index (χ1n) is 9.90. The normalized spacial score (nSPS) is 12.6. The summed E-state index contributed by atoms with van der Waals surface area (Å²) in [5.74, 6) is 0.263. The molecule has 0 bridgehead atoms. The highest BCUT2D eigenvalue weighted by molar-refractivity contribution is 5.76. The van der Waals surface area contributed by atoms with Gasteiger partial charge in [-0.1, -0.05) is 26.0 Å². The quantitative estimate of drug-likeness (QED) is 0.713. The van der Waals surface area contributed by atoms with Gasteiger partial charge in [0.1, 0.15) is 5.82 Å². The van der Waals surface area contributed by atoms with Gasteiger partial charge in [-0.05, 0) is 63.5 Å². The van der Waals surface area contributed by atoms with Gasteiger partial charge in [-0.25, -0.2) is 4.39 Å². The lowest BCUT2D eigenvalue weighted by Gasteiger charge is -2.25. The molecule has 0 fully saturated rings. The third-order valence-corrected chi connectivity index (χ3v) is 5.02. The van der Waals surface area contributed by atoms with E-state index in [1.807, 2.05) is 36.7 Å². The molecule has 0 aliphatic rings. The topological polar surface area (TPSA) is 50.2 Å². The highest BCUT2D eigenvalue weighted by Crippen LogP contribution is 2.19. The zero-order valence-corrected chi connectivity index (χ0v) is 17.9. The molecule has 1 amide bonds. The maximum absolute atomic E-state index is 13.5. The number of aromatic nitrogens is 2. The number of aryl methyl sites for hydroxylation is 1. The van der Waals surface area contributed by atoms with Gasteiger partial charge in [0.25, 0.3) is 0 Å². The lowest BCUT2D eigenvalue weighted by molar-refractivity contribution is -0.121. The number of amides is 1. The largest absolute Gasteiger partial charge is 0.354 e. The van der Waals surface area contributed by atoms with Crippen molar-refractivity contribution in [2.24, 2.45) is 5.92 Å². The van der Waals surface area contributed by atoms with Crippen molar-refractivity contribution in [1.82, 2.24) is 20.0 Å². The molecule has 1 N–H and O–H groups in total. The van der Waals surface area contributed by atoms with E-state index in [1.165, 1.54) is 12.1 Å². The van der Waals surface area contributed by atoms with Crippen molar-refractivity contribution in [2.75, 3.05) is 20.6 Å². The Hall–Kier alpha value is -2.21. The second kappa shape index (κ2) is 9.82. The number of carbonyl (C=O) groups is 1. The molecular formula is C22H33FN4O. The zero-order chi connectivity index (χ0) is 20.8. The Morgan fingerprint density at radius 2 is 2.00 bits per heavy atom. The molecule has 0 saturated heterocycles.